The molecule has 0 bridgehead atoms. The van der Waals surface area contributed by atoms with Gasteiger partial charge < -0.3 is 5.32 Å². The van der Waals surface area contributed by atoms with E-state index in [-0.39, 0.29) is 6.04 Å². The highest BCUT2D eigenvalue weighted by Gasteiger charge is 2.20. The van der Waals surface area contributed by atoms with E-state index in [0.29, 0.717) is 5.02 Å². The molecule has 0 unspecified atom stereocenters. The van der Waals surface area contributed by atoms with Crippen LogP contribution < -0.4 is 10.6 Å². The first-order valence-electron chi connectivity index (χ1n) is 7.25. The summed E-state index contributed by atoms with van der Waals surface area (Å²) in [5.74, 6) is -4.95. The van der Waals surface area contributed by atoms with Crippen LogP contribution >= 0.6 is 11.6 Å². The van der Waals surface area contributed by atoms with Crippen molar-refractivity contribution in [1.82, 2.24) is 5.32 Å². The van der Waals surface area contributed by atoms with Crippen molar-refractivity contribution in [3.8, 4) is 0 Å². The molecule has 2 N–H and O–H groups in total. The highest BCUT2D eigenvalue weighted by Crippen LogP contribution is 2.21. The van der Waals surface area contributed by atoms with Gasteiger partial charge in [-0.05, 0) is 43.7 Å². The fraction of sp³-hybridized carbons (Fsp3) is 0.235. The van der Waals surface area contributed by atoms with Crippen molar-refractivity contribution in [2.45, 2.75) is 25.9 Å². The zero-order chi connectivity index (χ0) is 17.9. The van der Waals surface area contributed by atoms with Gasteiger partial charge in [0, 0.05) is 11.1 Å². The van der Waals surface area contributed by atoms with Gasteiger partial charge in [-0.2, -0.15) is 0 Å². The highest BCUT2D eigenvalue weighted by atomic mass is 35.5. The maximum Gasteiger partial charge on any atom is 0.241 e. The van der Waals surface area contributed by atoms with Crippen LogP contribution in [0, 0.1) is 17.5 Å². The summed E-state index contributed by atoms with van der Waals surface area (Å²) in [6, 6.07) is 7.96. The highest BCUT2D eigenvalue weighted by molar-refractivity contribution is 6.30. The van der Waals surface area contributed by atoms with E-state index in [4.69, 9.17) is 11.6 Å². The van der Waals surface area contributed by atoms with Gasteiger partial charge in [-0.3, -0.25) is 10.1 Å². The van der Waals surface area contributed by atoms with Crippen LogP contribution in [0.2, 0.25) is 5.02 Å². The molecule has 0 aliphatic rings. The molecular weight excluding hydrogens is 341 g/mol. The molecule has 1 amide bonds. The Bertz CT molecular complexity index is 755. The van der Waals surface area contributed by atoms with Crippen LogP contribution in [0.5, 0.6) is 0 Å². The summed E-state index contributed by atoms with van der Waals surface area (Å²) in [6.45, 7) is 3.42. The number of benzene rings is 2. The molecule has 24 heavy (non-hydrogen) atoms. The predicted molar refractivity (Wildman–Crippen MR) is 87.4 cm³/mol. The summed E-state index contributed by atoms with van der Waals surface area (Å²) in [4.78, 5) is 12.1. The lowest BCUT2D eigenvalue weighted by Crippen LogP contribution is -2.39. The number of halogens is 4. The number of carbonyl (C=O) groups excluding carboxylic acids is 1. The molecule has 2 aromatic rings. The molecule has 2 rings (SSSR count). The predicted octanol–water partition coefficient (Wildman–Crippen LogP) is 4.44. The quantitative estimate of drug-likeness (QED) is 0.778. The van der Waals surface area contributed by atoms with Gasteiger partial charge in [-0.1, -0.05) is 23.7 Å². The minimum atomic E-state index is -1.62. The molecule has 0 fully saturated rings. The minimum absolute atomic E-state index is 0.195. The lowest BCUT2D eigenvalue weighted by Gasteiger charge is -2.20. The summed E-state index contributed by atoms with van der Waals surface area (Å²) in [6.07, 6.45) is 0. The Morgan fingerprint density at radius 3 is 2.46 bits per heavy atom. The Hall–Kier alpha value is -2.05. The third-order valence-corrected chi connectivity index (χ3v) is 3.77. The Kier molecular flexibility index (Phi) is 5.85. The number of anilines is 1. The molecule has 0 saturated carbocycles. The maximum absolute atomic E-state index is 13.6. The summed E-state index contributed by atoms with van der Waals surface area (Å²) in [7, 11) is 0. The zero-order valence-corrected chi connectivity index (χ0v) is 13.8. The summed E-state index contributed by atoms with van der Waals surface area (Å²) in [5, 5.41) is 5.84. The van der Waals surface area contributed by atoms with Crippen molar-refractivity contribution in [3.05, 3.63) is 64.4 Å². The van der Waals surface area contributed by atoms with E-state index in [1.165, 1.54) is 0 Å². The maximum atomic E-state index is 13.6. The molecule has 2 aromatic carbocycles. The smallest absolute Gasteiger partial charge is 0.241 e. The Morgan fingerprint density at radius 2 is 1.79 bits per heavy atom. The molecule has 0 aromatic heterocycles. The van der Waals surface area contributed by atoms with Crippen LogP contribution in [0.1, 0.15) is 25.5 Å². The molecule has 7 heteroatoms. The van der Waals surface area contributed by atoms with E-state index >= 15 is 0 Å². The molecule has 0 radical (unpaired) electrons. The fourth-order valence-corrected chi connectivity index (χ4v) is 2.38. The fourth-order valence-electron chi connectivity index (χ4n) is 2.19. The van der Waals surface area contributed by atoms with Gasteiger partial charge in [0.2, 0.25) is 5.91 Å². The van der Waals surface area contributed by atoms with E-state index in [2.05, 4.69) is 10.6 Å². The van der Waals surface area contributed by atoms with Crippen LogP contribution in [-0.4, -0.2) is 11.9 Å². The third kappa shape index (κ3) is 4.27. The van der Waals surface area contributed by atoms with Gasteiger partial charge in [-0.25, -0.2) is 13.2 Å². The normalized spacial score (nSPS) is 13.4. The van der Waals surface area contributed by atoms with Crippen molar-refractivity contribution in [2.75, 3.05) is 5.32 Å². The first-order chi connectivity index (χ1) is 11.3. The van der Waals surface area contributed by atoms with Gasteiger partial charge in [-0.15, -0.1) is 0 Å². The average Bonchev–Trinajstić information content (AvgIpc) is 2.55. The second-order valence-electron chi connectivity index (χ2n) is 5.38. The SMILES string of the molecule is C[C@H](N[C@H](C)C(=O)Nc1ccc(F)c(F)c1F)c1cccc(Cl)c1. The summed E-state index contributed by atoms with van der Waals surface area (Å²) >= 11 is 5.93. The summed E-state index contributed by atoms with van der Waals surface area (Å²) < 4.78 is 39.7. The van der Waals surface area contributed by atoms with Gasteiger partial charge in [0.1, 0.15) is 0 Å². The molecule has 128 valence electrons. The molecular formula is C17H16ClF3N2O. The number of rotatable bonds is 5. The van der Waals surface area contributed by atoms with Gasteiger partial charge >= 0.3 is 0 Å². The van der Waals surface area contributed by atoms with Crippen molar-refractivity contribution >= 4 is 23.2 Å². The second-order valence-corrected chi connectivity index (χ2v) is 5.81. The average molecular weight is 357 g/mol. The Labute approximate surface area is 142 Å². The third-order valence-electron chi connectivity index (χ3n) is 3.54. The van der Waals surface area contributed by atoms with Crippen LogP contribution in [0.15, 0.2) is 36.4 Å². The Balaban J connectivity index is 2.03. The molecule has 0 spiro atoms. The lowest BCUT2D eigenvalue weighted by molar-refractivity contribution is -0.118. The van der Waals surface area contributed by atoms with Crippen LogP contribution in [0.4, 0.5) is 18.9 Å². The number of carbonyl (C=O) groups is 1. The minimum Gasteiger partial charge on any atom is -0.322 e. The molecule has 2 atom stereocenters. The number of amides is 1. The van der Waals surface area contributed by atoms with E-state index in [1.54, 1.807) is 25.1 Å². The largest absolute Gasteiger partial charge is 0.322 e. The second kappa shape index (κ2) is 7.68. The number of hydrogen-bond donors (Lipinski definition) is 2. The number of hydrogen-bond acceptors (Lipinski definition) is 2. The van der Waals surface area contributed by atoms with E-state index in [1.807, 2.05) is 13.0 Å². The van der Waals surface area contributed by atoms with Crippen molar-refractivity contribution in [1.29, 1.82) is 0 Å². The van der Waals surface area contributed by atoms with Crippen molar-refractivity contribution < 1.29 is 18.0 Å². The first kappa shape index (κ1) is 18.3. The molecule has 0 aliphatic heterocycles. The van der Waals surface area contributed by atoms with Crippen LogP contribution in [0.3, 0.4) is 0 Å². The molecule has 0 heterocycles. The van der Waals surface area contributed by atoms with Gasteiger partial charge in [0.25, 0.3) is 0 Å². The first-order valence-corrected chi connectivity index (χ1v) is 7.63. The van der Waals surface area contributed by atoms with Crippen LogP contribution in [-0.2, 0) is 4.79 Å². The van der Waals surface area contributed by atoms with Crippen molar-refractivity contribution in [2.24, 2.45) is 0 Å². The van der Waals surface area contributed by atoms with Crippen molar-refractivity contribution in [3.63, 3.8) is 0 Å². The van der Waals surface area contributed by atoms with Gasteiger partial charge in [0.15, 0.2) is 17.5 Å². The number of nitrogens with one attached hydrogen (secondary N) is 2. The van der Waals surface area contributed by atoms with Gasteiger partial charge in [0.05, 0.1) is 11.7 Å². The topological polar surface area (TPSA) is 41.1 Å². The lowest BCUT2D eigenvalue weighted by atomic mass is 10.1. The molecule has 0 saturated heterocycles. The van der Waals surface area contributed by atoms with Crippen LogP contribution in [0.25, 0.3) is 0 Å². The Morgan fingerprint density at radius 1 is 1.08 bits per heavy atom. The summed E-state index contributed by atoms with van der Waals surface area (Å²) in [5.41, 5.74) is 0.462. The van der Waals surface area contributed by atoms with E-state index < -0.39 is 35.1 Å². The molecule has 0 aliphatic carbocycles. The monoisotopic (exact) mass is 356 g/mol. The zero-order valence-electron chi connectivity index (χ0n) is 13.0. The molecule has 3 nitrogen and oxygen atoms in total. The standard InChI is InChI=1S/C17H16ClF3N2O/c1-9(11-4-3-5-12(18)8-11)22-10(2)17(24)23-14-7-6-13(19)15(20)16(14)21/h3-10,22H,1-2H3,(H,23,24)/t9-,10+/m0/s1. The van der Waals surface area contributed by atoms with E-state index in [9.17, 15) is 18.0 Å². The van der Waals surface area contributed by atoms with E-state index in [0.717, 1.165) is 17.7 Å².